The Hall–Kier alpha value is -2.43. The Morgan fingerprint density at radius 3 is 2.95 bits per heavy atom. The molecule has 0 saturated carbocycles. The van der Waals surface area contributed by atoms with Crippen molar-refractivity contribution >= 4 is 11.7 Å². The van der Waals surface area contributed by atoms with Gasteiger partial charge in [-0.1, -0.05) is 12.1 Å². The number of carboxylic acid groups (broad SMARTS) is 1. The fourth-order valence-electron chi connectivity index (χ4n) is 2.03. The number of hydrogen-bond donors (Lipinski definition) is 2. The Bertz CT molecular complexity index is 572. The summed E-state index contributed by atoms with van der Waals surface area (Å²) in [5.74, 6) is -0.824. The van der Waals surface area contributed by atoms with Crippen LogP contribution in [0.2, 0.25) is 0 Å². The van der Waals surface area contributed by atoms with Gasteiger partial charge in [-0.05, 0) is 24.6 Å². The van der Waals surface area contributed by atoms with Crippen molar-refractivity contribution in [1.82, 2.24) is 9.97 Å². The van der Waals surface area contributed by atoms with Crippen molar-refractivity contribution in [3.8, 4) is 0 Å². The van der Waals surface area contributed by atoms with Gasteiger partial charge in [0.05, 0.1) is 12.1 Å². The van der Waals surface area contributed by atoms with E-state index in [1.807, 2.05) is 24.3 Å². The fourth-order valence-corrected chi connectivity index (χ4v) is 2.03. The first-order chi connectivity index (χ1) is 9.63. The number of anilines is 1. The monoisotopic (exact) mass is 271 g/mol. The van der Waals surface area contributed by atoms with E-state index in [4.69, 9.17) is 5.11 Å². The molecule has 0 aliphatic rings. The molecular formula is C15H17N3O2. The van der Waals surface area contributed by atoms with E-state index in [-0.39, 0.29) is 12.5 Å². The van der Waals surface area contributed by atoms with Crippen LogP contribution >= 0.6 is 0 Å². The number of benzene rings is 1. The average molecular weight is 271 g/mol. The lowest BCUT2D eigenvalue weighted by Crippen LogP contribution is -2.19. The summed E-state index contributed by atoms with van der Waals surface area (Å²) in [6.45, 7) is 2.05. The number of aliphatic carboxylic acids is 1. The van der Waals surface area contributed by atoms with Crippen molar-refractivity contribution in [2.75, 3.05) is 5.32 Å². The second kappa shape index (κ2) is 6.65. The molecule has 2 N–H and O–H groups in total. The molecule has 0 amide bonds. The highest BCUT2D eigenvalue weighted by Gasteiger charge is 2.06. The molecule has 1 atom stereocenters. The number of rotatable bonds is 6. The molecule has 1 heterocycles. The normalized spacial score (nSPS) is 11.8. The summed E-state index contributed by atoms with van der Waals surface area (Å²) in [5.41, 5.74) is 2.63. The summed E-state index contributed by atoms with van der Waals surface area (Å²) in [4.78, 5) is 19.0. The minimum Gasteiger partial charge on any atom is -0.481 e. The van der Waals surface area contributed by atoms with Crippen LogP contribution < -0.4 is 5.32 Å². The maximum absolute atomic E-state index is 10.7. The molecule has 1 aromatic heterocycles. The third kappa shape index (κ3) is 4.35. The van der Waals surface area contributed by atoms with E-state index in [2.05, 4.69) is 22.2 Å². The minimum absolute atomic E-state index is 0.0358. The summed E-state index contributed by atoms with van der Waals surface area (Å²) in [7, 11) is 0. The number of carboxylic acids is 1. The molecule has 2 aromatic rings. The Kier molecular flexibility index (Phi) is 4.65. The maximum atomic E-state index is 10.7. The predicted octanol–water partition coefficient (Wildman–Crippen LogP) is 2.15. The van der Waals surface area contributed by atoms with Crippen molar-refractivity contribution in [2.45, 2.75) is 25.8 Å². The minimum atomic E-state index is -0.824. The zero-order valence-electron chi connectivity index (χ0n) is 11.3. The molecule has 2 rings (SSSR count). The van der Waals surface area contributed by atoms with Crippen LogP contribution in [-0.2, 0) is 17.6 Å². The molecule has 0 bridgehead atoms. The van der Waals surface area contributed by atoms with Crippen LogP contribution in [-0.4, -0.2) is 27.1 Å². The fraction of sp³-hybridized carbons (Fsp3) is 0.267. The first-order valence-electron chi connectivity index (χ1n) is 6.45. The smallest absolute Gasteiger partial charge is 0.307 e. The van der Waals surface area contributed by atoms with E-state index in [1.165, 1.54) is 0 Å². The van der Waals surface area contributed by atoms with Gasteiger partial charge in [-0.3, -0.25) is 14.8 Å². The van der Waals surface area contributed by atoms with E-state index in [0.29, 0.717) is 0 Å². The van der Waals surface area contributed by atoms with Crippen LogP contribution in [0.5, 0.6) is 0 Å². The first kappa shape index (κ1) is 14.0. The van der Waals surface area contributed by atoms with Gasteiger partial charge in [0, 0.05) is 36.7 Å². The lowest BCUT2D eigenvalue weighted by molar-refractivity contribution is -0.136. The number of aromatic nitrogens is 2. The van der Waals surface area contributed by atoms with Crippen LogP contribution in [0.15, 0.2) is 42.9 Å². The van der Waals surface area contributed by atoms with Crippen LogP contribution in [0.3, 0.4) is 0 Å². The van der Waals surface area contributed by atoms with Gasteiger partial charge in [0.2, 0.25) is 0 Å². The number of nitrogens with one attached hydrogen (secondary N) is 1. The van der Waals surface area contributed by atoms with E-state index >= 15 is 0 Å². The van der Waals surface area contributed by atoms with Crippen molar-refractivity contribution in [2.24, 2.45) is 0 Å². The topological polar surface area (TPSA) is 75.1 Å². The van der Waals surface area contributed by atoms with Gasteiger partial charge in [0.15, 0.2) is 0 Å². The van der Waals surface area contributed by atoms with Crippen molar-refractivity contribution < 1.29 is 9.90 Å². The van der Waals surface area contributed by atoms with Crippen molar-refractivity contribution in [3.05, 3.63) is 54.1 Å². The highest BCUT2D eigenvalue weighted by atomic mass is 16.4. The summed E-state index contributed by atoms with van der Waals surface area (Å²) < 4.78 is 0. The largest absolute Gasteiger partial charge is 0.481 e. The summed E-state index contributed by atoms with van der Waals surface area (Å²) in [6, 6.07) is 7.65. The summed E-state index contributed by atoms with van der Waals surface area (Å²) >= 11 is 0. The molecule has 0 spiro atoms. The summed E-state index contributed by atoms with van der Waals surface area (Å²) in [5, 5.41) is 12.1. The van der Waals surface area contributed by atoms with Crippen LogP contribution in [0.4, 0.5) is 5.69 Å². The third-order valence-electron chi connectivity index (χ3n) is 2.83. The van der Waals surface area contributed by atoms with Gasteiger partial charge in [0.1, 0.15) is 0 Å². The quantitative estimate of drug-likeness (QED) is 0.842. The Labute approximate surface area is 117 Å². The molecule has 0 saturated heterocycles. The molecule has 1 aromatic carbocycles. The molecule has 5 heteroatoms. The Morgan fingerprint density at radius 2 is 2.25 bits per heavy atom. The lowest BCUT2D eigenvalue weighted by Gasteiger charge is -2.15. The highest BCUT2D eigenvalue weighted by Crippen LogP contribution is 2.13. The summed E-state index contributed by atoms with van der Waals surface area (Å²) in [6.07, 6.45) is 5.87. The zero-order valence-corrected chi connectivity index (χ0v) is 11.3. The molecule has 0 aliphatic heterocycles. The maximum Gasteiger partial charge on any atom is 0.307 e. The van der Waals surface area contributed by atoms with Crippen LogP contribution in [0.25, 0.3) is 0 Å². The second-order valence-corrected chi connectivity index (χ2v) is 4.72. The van der Waals surface area contributed by atoms with Gasteiger partial charge in [-0.2, -0.15) is 0 Å². The Balaban J connectivity index is 1.97. The van der Waals surface area contributed by atoms with E-state index in [9.17, 15) is 4.79 Å². The predicted molar refractivity (Wildman–Crippen MR) is 76.6 cm³/mol. The van der Waals surface area contributed by atoms with E-state index in [0.717, 1.165) is 23.4 Å². The van der Waals surface area contributed by atoms with Gasteiger partial charge in [0.25, 0.3) is 0 Å². The lowest BCUT2D eigenvalue weighted by atomic mass is 10.1. The molecule has 5 nitrogen and oxygen atoms in total. The SMILES string of the molecule is CC(Cc1cnccn1)Nc1cccc(CC(=O)O)c1. The van der Waals surface area contributed by atoms with Gasteiger partial charge in [-0.25, -0.2) is 0 Å². The van der Waals surface area contributed by atoms with Crippen molar-refractivity contribution in [3.63, 3.8) is 0 Å². The zero-order chi connectivity index (χ0) is 14.4. The number of nitrogens with zero attached hydrogens (tertiary/aromatic N) is 2. The first-order valence-corrected chi connectivity index (χ1v) is 6.45. The second-order valence-electron chi connectivity index (χ2n) is 4.72. The van der Waals surface area contributed by atoms with Crippen molar-refractivity contribution in [1.29, 1.82) is 0 Å². The van der Waals surface area contributed by atoms with E-state index in [1.54, 1.807) is 18.6 Å². The highest BCUT2D eigenvalue weighted by molar-refractivity contribution is 5.70. The number of hydrogen-bond acceptors (Lipinski definition) is 4. The Morgan fingerprint density at radius 1 is 1.40 bits per heavy atom. The van der Waals surface area contributed by atoms with E-state index < -0.39 is 5.97 Å². The molecule has 0 radical (unpaired) electrons. The molecule has 0 fully saturated rings. The molecule has 1 unspecified atom stereocenters. The number of carbonyl (C=O) groups is 1. The average Bonchev–Trinajstić information content (AvgIpc) is 2.39. The molecule has 0 aliphatic carbocycles. The van der Waals surface area contributed by atoms with Gasteiger partial charge < -0.3 is 10.4 Å². The van der Waals surface area contributed by atoms with Crippen LogP contribution in [0.1, 0.15) is 18.2 Å². The van der Waals surface area contributed by atoms with Gasteiger partial charge >= 0.3 is 5.97 Å². The molecule has 20 heavy (non-hydrogen) atoms. The third-order valence-corrected chi connectivity index (χ3v) is 2.83. The molecule has 104 valence electrons. The van der Waals surface area contributed by atoms with Gasteiger partial charge in [-0.15, -0.1) is 0 Å². The van der Waals surface area contributed by atoms with Crippen LogP contribution in [0, 0.1) is 0 Å². The standard InChI is InChI=1S/C15H17N3O2/c1-11(7-14-10-16-5-6-17-14)18-13-4-2-3-12(8-13)9-15(19)20/h2-6,8,10-11,18H,7,9H2,1H3,(H,19,20). The molecular weight excluding hydrogens is 254 g/mol.